The largest absolute Gasteiger partial charge is 0.472 e. The molecule has 0 saturated heterocycles. The number of aromatic nitrogens is 2. The van der Waals surface area contributed by atoms with Crippen LogP contribution in [0.25, 0.3) is 11.3 Å². The first-order valence-corrected chi connectivity index (χ1v) is 9.26. The molecule has 24 heavy (non-hydrogen) atoms. The zero-order valence-corrected chi connectivity index (χ0v) is 15.4. The number of rotatable bonds is 5. The molecule has 2 saturated carbocycles. The van der Waals surface area contributed by atoms with E-state index in [4.69, 9.17) is 37.9 Å². The molecular formula is C19H20Cl2N2O. The van der Waals surface area contributed by atoms with E-state index in [1.807, 2.05) is 26.0 Å². The monoisotopic (exact) mass is 362 g/mol. The molecule has 2 fully saturated rings. The van der Waals surface area contributed by atoms with Crippen LogP contribution in [-0.2, 0) is 0 Å². The molecule has 4 rings (SSSR count). The molecule has 0 N–H and O–H groups in total. The van der Waals surface area contributed by atoms with Crippen LogP contribution in [0.2, 0.25) is 10.0 Å². The summed E-state index contributed by atoms with van der Waals surface area (Å²) in [5.74, 6) is 2.10. The molecule has 0 spiro atoms. The molecule has 3 nitrogen and oxygen atoms in total. The normalized spacial score (nSPS) is 17.4. The summed E-state index contributed by atoms with van der Waals surface area (Å²) in [6.07, 6.45) is 5.45. The Bertz CT molecular complexity index is 773. The molecule has 1 heterocycles. The Morgan fingerprint density at radius 1 is 1.00 bits per heavy atom. The summed E-state index contributed by atoms with van der Waals surface area (Å²) >= 11 is 12.3. The van der Waals surface area contributed by atoms with Gasteiger partial charge in [0.2, 0.25) is 5.88 Å². The molecule has 1 aromatic heterocycles. The van der Waals surface area contributed by atoms with Crippen LogP contribution in [0.1, 0.15) is 37.1 Å². The second-order valence-corrected chi connectivity index (χ2v) is 7.77. The molecule has 1 aromatic carbocycles. The fourth-order valence-corrected chi connectivity index (χ4v) is 3.68. The van der Waals surface area contributed by atoms with E-state index in [-0.39, 0.29) is 0 Å². The lowest BCUT2D eigenvalue weighted by Gasteiger charge is -2.19. The Balaban J connectivity index is 1.65. The maximum absolute atomic E-state index is 6.33. The van der Waals surface area contributed by atoms with Gasteiger partial charge < -0.3 is 4.74 Å². The number of aryl methyl sites for hydroxylation is 2. The van der Waals surface area contributed by atoms with Gasteiger partial charge in [-0.15, -0.1) is 0 Å². The van der Waals surface area contributed by atoms with Crippen LogP contribution < -0.4 is 4.74 Å². The third kappa shape index (κ3) is 3.25. The number of hydrogen-bond donors (Lipinski definition) is 0. The zero-order chi connectivity index (χ0) is 16.8. The molecule has 0 aliphatic heterocycles. The lowest BCUT2D eigenvalue weighted by Crippen LogP contribution is -2.23. The molecule has 0 radical (unpaired) electrons. The molecule has 2 aromatic rings. The van der Waals surface area contributed by atoms with Crippen LogP contribution in [0.3, 0.4) is 0 Å². The van der Waals surface area contributed by atoms with Gasteiger partial charge in [0.1, 0.15) is 11.8 Å². The van der Waals surface area contributed by atoms with Gasteiger partial charge in [0.25, 0.3) is 0 Å². The van der Waals surface area contributed by atoms with Crippen LogP contribution in [0, 0.1) is 25.7 Å². The SMILES string of the molecule is Cc1nc(-c2ccc(Cl)cc2Cl)c(C)nc1OC(C1CC1)C1CC1. The van der Waals surface area contributed by atoms with Crippen molar-refractivity contribution in [2.45, 2.75) is 45.6 Å². The van der Waals surface area contributed by atoms with E-state index in [2.05, 4.69) is 0 Å². The Morgan fingerprint density at radius 2 is 1.67 bits per heavy atom. The zero-order valence-electron chi connectivity index (χ0n) is 13.9. The Morgan fingerprint density at radius 3 is 2.25 bits per heavy atom. The van der Waals surface area contributed by atoms with Crippen LogP contribution in [0.5, 0.6) is 5.88 Å². The Hall–Kier alpha value is -1.32. The first-order valence-electron chi connectivity index (χ1n) is 8.50. The topological polar surface area (TPSA) is 35.0 Å². The van der Waals surface area contributed by atoms with Crippen molar-refractivity contribution in [1.82, 2.24) is 9.97 Å². The first kappa shape index (κ1) is 16.2. The van der Waals surface area contributed by atoms with E-state index in [0.29, 0.717) is 33.9 Å². The number of halogens is 2. The summed E-state index contributed by atoms with van der Waals surface area (Å²) in [6, 6.07) is 5.44. The van der Waals surface area contributed by atoms with Crippen LogP contribution in [0.4, 0.5) is 0 Å². The lowest BCUT2D eigenvalue weighted by atomic mass is 10.1. The second kappa shape index (κ2) is 6.20. The molecule has 0 amide bonds. The number of nitrogens with zero attached hydrogens (tertiary/aromatic N) is 2. The van der Waals surface area contributed by atoms with Gasteiger partial charge in [0.15, 0.2) is 0 Å². The van der Waals surface area contributed by atoms with Gasteiger partial charge in [-0.2, -0.15) is 0 Å². The van der Waals surface area contributed by atoms with Gasteiger partial charge in [-0.05, 0) is 69.6 Å². The van der Waals surface area contributed by atoms with E-state index in [1.165, 1.54) is 25.7 Å². The number of benzene rings is 1. The molecular weight excluding hydrogens is 343 g/mol. The van der Waals surface area contributed by atoms with Crippen molar-refractivity contribution in [3.63, 3.8) is 0 Å². The van der Waals surface area contributed by atoms with Crippen molar-refractivity contribution in [2.24, 2.45) is 11.8 Å². The van der Waals surface area contributed by atoms with Crippen LogP contribution in [-0.4, -0.2) is 16.1 Å². The average molecular weight is 363 g/mol. The average Bonchev–Trinajstić information content (AvgIpc) is 3.42. The van der Waals surface area contributed by atoms with Gasteiger partial charge in [-0.1, -0.05) is 23.2 Å². The quantitative estimate of drug-likeness (QED) is 0.690. The fourth-order valence-electron chi connectivity index (χ4n) is 3.19. The molecule has 0 atom stereocenters. The minimum absolute atomic E-state index is 0.322. The maximum atomic E-state index is 6.33. The van der Waals surface area contributed by atoms with Gasteiger partial charge in [-0.25, -0.2) is 9.97 Å². The van der Waals surface area contributed by atoms with E-state index in [0.717, 1.165) is 22.6 Å². The summed E-state index contributed by atoms with van der Waals surface area (Å²) in [7, 11) is 0. The number of ether oxygens (including phenoxy) is 1. The highest BCUT2D eigenvalue weighted by Crippen LogP contribution is 2.46. The van der Waals surface area contributed by atoms with Crippen molar-refractivity contribution in [2.75, 3.05) is 0 Å². The molecule has 0 bridgehead atoms. The molecule has 2 aliphatic carbocycles. The minimum Gasteiger partial charge on any atom is -0.472 e. The highest BCUT2D eigenvalue weighted by molar-refractivity contribution is 6.36. The second-order valence-electron chi connectivity index (χ2n) is 6.93. The van der Waals surface area contributed by atoms with Gasteiger partial charge in [0, 0.05) is 10.6 Å². The highest BCUT2D eigenvalue weighted by atomic mass is 35.5. The van der Waals surface area contributed by atoms with Crippen molar-refractivity contribution in [3.05, 3.63) is 39.6 Å². The maximum Gasteiger partial charge on any atom is 0.235 e. The van der Waals surface area contributed by atoms with E-state index < -0.39 is 0 Å². The van der Waals surface area contributed by atoms with E-state index in [9.17, 15) is 0 Å². The predicted octanol–water partition coefficient (Wildman–Crippen LogP) is 5.63. The third-order valence-corrected chi connectivity index (χ3v) is 5.36. The Kier molecular flexibility index (Phi) is 4.17. The Labute approximate surface area is 152 Å². The number of hydrogen-bond acceptors (Lipinski definition) is 3. The van der Waals surface area contributed by atoms with E-state index in [1.54, 1.807) is 6.07 Å². The van der Waals surface area contributed by atoms with Gasteiger partial charge in [-0.3, -0.25) is 0 Å². The predicted molar refractivity (Wildman–Crippen MR) is 96.8 cm³/mol. The fraction of sp³-hybridized carbons (Fsp3) is 0.474. The van der Waals surface area contributed by atoms with Crippen molar-refractivity contribution >= 4 is 23.2 Å². The summed E-state index contributed by atoms with van der Waals surface area (Å²) < 4.78 is 6.29. The van der Waals surface area contributed by atoms with Crippen LogP contribution >= 0.6 is 23.2 Å². The lowest BCUT2D eigenvalue weighted by molar-refractivity contribution is 0.146. The van der Waals surface area contributed by atoms with Crippen molar-refractivity contribution in [1.29, 1.82) is 0 Å². The molecule has 5 heteroatoms. The molecule has 126 valence electrons. The summed E-state index contributed by atoms with van der Waals surface area (Å²) in [4.78, 5) is 9.43. The van der Waals surface area contributed by atoms with Gasteiger partial charge >= 0.3 is 0 Å². The first-order chi connectivity index (χ1) is 11.5. The minimum atomic E-state index is 0.322. The third-order valence-electron chi connectivity index (χ3n) is 4.81. The van der Waals surface area contributed by atoms with Crippen molar-refractivity contribution < 1.29 is 4.74 Å². The standard InChI is InChI=1S/C19H20Cl2N2O/c1-10-17(15-8-7-14(20)9-16(15)21)22-11(2)19(23-10)24-18(12-3-4-12)13-5-6-13/h7-9,12-13,18H,3-6H2,1-2H3. The van der Waals surface area contributed by atoms with E-state index >= 15 is 0 Å². The smallest absolute Gasteiger partial charge is 0.235 e. The molecule has 0 unspecified atom stereocenters. The van der Waals surface area contributed by atoms with Crippen molar-refractivity contribution in [3.8, 4) is 17.1 Å². The molecule has 2 aliphatic rings. The van der Waals surface area contributed by atoms with Crippen LogP contribution in [0.15, 0.2) is 18.2 Å². The summed E-state index contributed by atoms with van der Waals surface area (Å²) in [5.41, 5.74) is 3.27. The summed E-state index contributed by atoms with van der Waals surface area (Å²) in [6.45, 7) is 3.90. The summed E-state index contributed by atoms with van der Waals surface area (Å²) in [5, 5.41) is 1.20. The van der Waals surface area contributed by atoms with Gasteiger partial charge in [0.05, 0.1) is 16.4 Å². The highest BCUT2D eigenvalue weighted by Gasteiger charge is 2.43.